The van der Waals surface area contributed by atoms with Gasteiger partial charge in [-0.05, 0) is 93.0 Å². The van der Waals surface area contributed by atoms with Crippen molar-refractivity contribution < 1.29 is 4.11 Å². The predicted molar refractivity (Wildman–Crippen MR) is 235 cm³/mol. The van der Waals surface area contributed by atoms with Gasteiger partial charge in [0.2, 0.25) is 0 Å². The van der Waals surface area contributed by atoms with Crippen LogP contribution in [0.2, 0.25) is 0 Å². The molecule has 0 fully saturated rings. The predicted octanol–water partition coefficient (Wildman–Crippen LogP) is 13.1. The van der Waals surface area contributed by atoms with Crippen LogP contribution < -0.4 is 9.80 Å². The Labute approximate surface area is 332 Å². The van der Waals surface area contributed by atoms with Gasteiger partial charge in [-0.15, -0.1) is 0 Å². The molecular formula is C52H42N4. The molecule has 10 rings (SSSR count). The summed E-state index contributed by atoms with van der Waals surface area (Å²) in [5, 5.41) is 2.33. The van der Waals surface area contributed by atoms with E-state index in [0.29, 0.717) is 5.69 Å². The van der Waals surface area contributed by atoms with E-state index >= 15 is 0 Å². The molecule has 0 spiro atoms. The van der Waals surface area contributed by atoms with Crippen LogP contribution in [0.1, 0.15) is 29.1 Å². The maximum absolute atomic E-state index is 8.22. The molecule has 0 unspecified atom stereocenters. The van der Waals surface area contributed by atoms with Crippen molar-refractivity contribution in [3.8, 4) is 39.2 Å². The Morgan fingerprint density at radius 1 is 0.536 bits per heavy atom. The fourth-order valence-corrected chi connectivity index (χ4v) is 8.55. The van der Waals surface area contributed by atoms with Crippen molar-refractivity contribution in [2.24, 2.45) is 0 Å². The summed E-state index contributed by atoms with van der Waals surface area (Å²) in [6, 6.07) is 63.8. The molecule has 9 aromatic rings. The highest BCUT2D eigenvalue weighted by atomic mass is 15.4. The zero-order chi connectivity index (χ0) is 40.3. The number of hydrogen-bond donors (Lipinski definition) is 0. The first-order valence-electron chi connectivity index (χ1n) is 20.7. The van der Waals surface area contributed by atoms with Crippen LogP contribution in [-0.2, 0) is 5.41 Å². The molecule has 1 aliphatic heterocycles. The second-order valence-corrected chi connectivity index (χ2v) is 15.1. The SMILES string of the molecule is [2H]C([2H])([2H])N1CN(c2cccc(C(C)(C)c3ccc4c5ccccc5n(-c5cc(-c6c(-c7ccccc7)cccc6-c6ccccc6)ccn5)c4c3)c2)c2ccccc21. The summed E-state index contributed by atoms with van der Waals surface area (Å²) in [6.45, 7) is 2.52. The molecule has 0 atom stereocenters. The first kappa shape index (κ1) is 30.4. The van der Waals surface area contributed by atoms with Gasteiger partial charge in [-0.2, -0.15) is 0 Å². The molecule has 0 bridgehead atoms. The lowest BCUT2D eigenvalue weighted by atomic mass is 9.77. The van der Waals surface area contributed by atoms with Crippen LogP contribution in [0, 0.1) is 0 Å². The van der Waals surface area contributed by atoms with Crippen molar-refractivity contribution in [1.29, 1.82) is 0 Å². The van der Waals surface area contributed by atoms with E-state index in [9.17, 15) is 0 Å². The first-order chi connectivity index (χ1) is 28.7. The fourth-order valence-electron chi connectivity index (χ4n) is 8.55. The molecule has 0 aliphatic carbocycles. The fraction of sp³-hybridized carbons (Fsp3) is 0.0962. The normalized spacial score (nSPS) is 13.8. The van der Waals surface area contributed by atoms with Gasteiger partial charge >= 0.3 is 0 Å². The average molecular weight is 726 g/mol. The second-order valence-electron chi connectivity index (χ2n) is 15.1. The van der Waals surface area contributed by atoms with Crippen LogP contribution in [0.5, 0.6) is 0 Å². The number of pyridine rings is 1. The summed E-state index contributed by atoms with van der Waals surface area (Å²) in [6.07, 6.45) is 1.94. The maximum Gasteiger partial charge on any atom is 0.138 e. The Morgan fingerprint density at radius 2 is 1.18 bits per heavy atom. The van der Waals surface area contributed by atoms with Crippen molar-refractivity contribution in [3.63, 3.8) is 0 Å². The zero-order valence-corrected chi connectivity index (χ0v) is 31.4. The van der Waals surface area contributed by atoms with E-state index in [1.807, 2.05) is 30.5 Å². The van der Waals surface area contributed by atoms with Gasteiger partial charge in [0.1, 0.15) is 5.82 Å². The van der Waals surface area contributed by atoms with Crippen molar-refractivity contribution in [2.45, 2.75) is 19.3 Å². The van der Waals surface area contributed by atoms with E-state index in [4.69, 9.17) is 9.10 Å². The van der Waals surface area contributed by atoms with Gasteiger partial charge in [-0.3, -0.25) is 4.57 Å². The molecule has 0 saturated heterocycles. The minimum Gasteiger partial charge on any atom is -0.355 e. The number of aromatic nitrogens is 2. The van der Waals surface area contributed by atoms with Gasteiger partial charge in [-0.25, -0.2) is 4.98 Å². The smallest absolute Gasteiger partial charge is 0.138 e. The van der Waals surface area contributed by atoms with E-state index in [-0.39, 0.29) is 6.67 Å². The number of hydrogen-bond acceptors (Lipinski definition) is 3. The minimum absolute atomic E-state index is 0.251. The van der Waals surface area contributed by atoms with E-state index < -0.39 is 12.4 Å². The molecule has 0 amide bonds. The van der Waals surface area contributed by atoms with E-state index in [1.165, 1.54) is 27.0 Å². The highest BCUT2D eigenvalue weighted by Gasteiger charge is 2.28. The minimum atomic E-state index is -2.25. The van der Waals surface area contributed by atoms with Gasteiger partial charge in [-0.1, -0.05) is 147 Å². The van der Waals surface area contributed by atoms with Crippen LogP contribution in [0.15, 0.2) is 188 Å². The lowest BCUT2D eigenvalue weighted by Gasteiger charge is -2.28. The topological polar surface area (TPSA) is 24.3 Å². The van der Waals surface area contributed by atoms with Crippen LogP contribution in [-0.4, -0.2) is 23.2 Å². The van der Waals surface area contributed by atoms with E-state index in [0.717, 1.165) is 61.4 Å². The van der Waals surface area contributed by atoms with Gasteiger partial charge < -0.3 is 9.80 Å². The Bertz CT molecular complexity index is 2950. The summed E-state index contributed by atoms with van der Waals surface area (Å²) in [7, 11) is 0. The molecule has 1 aliphatic rings. The molecule has 0 saturated carbocycles. The Kier molecular flexibility index (Phi) is 7.30. The van der Waals surface area contributed by atoms with Gasteiger partial charge in [0.15, 0.2) is 0 Å². The highest BCUT2D eigenvalue weighted by molar-refractivity contribution is 6.09. The van der Waals surface area contributed by atoms with Gasteiger partial charge in [0.25, 0.3) is 0 Å². The molecule has 7 aromatic carbocycles. The van der Waals surface area contributed by atoms with Crippen LogP contribution in [0.4, 0.5) is 17.1 Å². The summed E-state index contributed by atoms with van der Waals surface area (Å²) in [5.74, 6) is 0.846. The quantitative estimate of drug-likeness (QED) is 0.163. The lowest BCUT2D eigenvalue weighted by Crippen LogP contribution is -2.25. The number of benzene rings is 7. The van der Waals surface area contributed by atoms with E-state index in [1.54, 1.807) is 0 Å². The maximum atomic E-state index is 8.22. The number of para-hydroxylation sites is 3. The van der Waals surface area contributed by atoms with Crippen molar-refractivity contribution >= 4 is 38.9 Å². The third-order valence-electron chi connectivity index (χ3n) is 11.5. The standard InChI is InChI=1S/C52H42N4/c1-52(2,39-20-14-21-41(33-39)55-35-54(3)47-26-12-13-27-48(47)55)40-28-29-45-44-22-10-11-25-46(44)56(49(45)34-40)50-32-38(30-31-53-50)51-42(36-16-6-4-7-17-36)23-15-24-43(51)37-18-8-5-9-19-37/h4-34H,35H2,1-3H3/i3D3. The van der Waals surface area contributed by atoms with Crippen molar-refractivity contribution in [1.82, 2.24) is 9.55 Å². The summed E-state index contributed by atoms with van der Waals surface area (Å²) < 4.78 is 27.0. The summed E-state index contributed by atoms with van der Waals surface area (Å²) in [4.78, 5) is 8.67. The summed E-state index contributed by atoms with van der Waals surface area (Å²) >= 11 is 0. The Balaban J connectivity index is 1.10. The molecule has 270 valence electrons. The molecule has 2 aromatic heterocycles. The molecule has 0 N–H and O–H groups in total. The van der Waals surface area contributed by atoms with Gasteiger partial charge in [0, 0.05) is 39.2 Å². The number of nitrogens with zero attached hydrogens (tertiary/aromatic N) is 4. The third kappa shape index (κ3) is 5.56. The Morgan fingerprint density at radius 3 is 1.93 bits per heavy atom. The Hall–Kier alpha value is -6.91. The molecule has 4 nitrogen and oxygen atoms in total. The third-order valence-corrected chi connectivity index (χ3v) is 11.5. The first-order valence-corrected chi connectivity index (χ1v) is 19.2. The molecule has 3 heterocycles. The summed E-state index contributed by atoms with van der Waals surface area (Å²) in [5.41, 5.74) is 13.5. The lowest BCUT2D eigenvalue weighted by molar-refractivity contribution is 0.641. The molecular weight excluding hydrogens is 681 g/mol. The van der Waals surface area contributed by atoms with Crippen molar-refractivity contribution in [2.75, 3.05) is 23.4 Å². The molecule has 0 radical (unpaired) electrons. The van der Waals surface area contributed by atoms with Crippen LogP contribution in [0.25, 0.3) is 61.0 Å². The van der Waals surface area contributed by atoms with E-state index in [2.05, 4.69) is 181 Å². The number of rotatable bonds is 7. The average Bonchev–Trinajstić information content (AvgIpc) is 3.84. The highest BCUT2D eigenvalue weighted by Crippen LogP contribution is 2.44. The molecule has 56 heavy (non-hydrogen) atoms. The van der Waals surface area contributed by atoms with Gasteiger partial charge in [0.05, 0.1) is 29.1 Å². The zero-order valence-electron chi connectivity index (χ0n) is 34.4. The number of fused-ring (bicyclic) bond motifs is 4. The second kappa shape index (κ2) is 13.4. The van der Waals surface area contributed by atoms with Crippen LogP contribution in [0.3, 0.4) is 0 Å². The number of anilines is 3. The molecule has 4 heteroatoms. The monoisotopic (exact) mass is 725 g/mol. The largest absolute Gasteiger partial charge is 0.355 e. The van der Waals surface area contributed by atoms with Crippen LogP contribution >= 0.6 is 0 Å². The van der Waals surface area contributed by atoms with Crippen molar-refractivity contribution in [3.05, 3.63) is 199 Å².